The molecule has 1 aliphatic rings. The predicted molar refractivity (Wildman–Crippen MR) is 56.5 cm³/mol. The molecule has 4 nitrogen and oxygen atoms in total. The minimum atomic E-state index is -0.279. The van der Waals surface area contributed by atoms with Gasteiger partial charge in [-0.1, -0.05) is 11.6 Å². The van der Waals surface area contributed by atoms with Gasteiger partial charge in [0.15, 0.2) is 0 Å². The van der Waals surface area contributed by atoms with Crippen molar-refractivity contribution < 1.29 is 5.11 Å². The molecule has 1 aromatic rings. The highest BCUT2D eigenvalue weighted by Gasteiger charge is 2.23. The summed E-state index contributed by atoms with van der Waals surface area (Å²) in [7, 11) is 0. The van der Waals surface area contributed by atoms with Crippen molar-refractivity contribution in [3.63, 3.8) is 0 Å². The lowest BCUT2D eigenvalue weighted by molar-refractivity contribution is 0.198. The molecule has 0 amide bonds. The van der Waals surface area contributed by atoms with Crippen LogP contribution in [0.3, 0.4) is 0 Å². The highest BCUT2D eigenvalue weighted by atomic mass is 35.5. The van der Waals surface area contributed by atoms with Crippen molar-refractivity contribution in [2.75, 3.05) is 23.7 Å². The standard InChI is InChI=1S/C9H12ClN3O/c10-7-3-12-4-8(11)9(7)13-2-1-6(14)5-13/h3-4,6,14H,1-2,5,11H2. The fraction of sp³-hybridized carbons (Fsp3) is 0.444. The van der Waals surface area contributed by atoms with Crippen LogP contribution in [0.4, 0.5) is 11.4 Å². The Hall–Kier alpha value is -1.00. The molecule has 76 valence electrons. The van der Waals surface area contributed by atoms with Gasteiger partial charge in [0.2, 0.25) is 0 Å². The van der Waals surface area contributed by atoms with Gasteiger partial charge >= 0.3 is 0 Å². The van der Waals surface area contributed by atoms with Gasteiger partial charge in [0.05, 0.1) is 28.7 Å². The summed E-state index contributed by atoms with van der Waals surface area (Å²) < 4.78 is 0. The molecule has 1 saturated heterocycles. The molecular formula is C9H12ClN3O. The van der Waals surface area contributed by atoms with Crippen LogP contribution in [0.5, 0.6) is 0 Å². The SMILES string of the molecule is Nc1cncc(Cl)c1N1CCC(O)C1. The molecule has 1 aromatic heterocycles. The van der Waals surface area contributed by atoms with Crippen molar-refractivity contribution in [1.29, 1.82) is 0 Å². The van der Waals surface area contributed by atoms with Crippen LogP contribution >= 0.6 is 11.6 Å². The first kappa shape index (κ1) is 9.55. The largest absolute Gasteiger partial charge is 0.396 e. The van der Waals surface area contributed by atoms with Gasteiger partial charge < -0.3 is 15.7 Å². The number of aromatic nitrogens is 1. The summed E-state index contributed by atoms with van der Waals surface area (Å²) >= 11 is 5.99. The topological polar surface area (TPSA) is 62.4 Å². The number of aliphatic hydroxyl groups is 1. The monoisotopic (exact) mass is 213 g/mol. The number of halogens is 1. The Morgan fingerprint density at radius 1 is 1.57 bits per heavy atom. The molecule has 1 unspecified atom stereocenters. The van der Waals surface area contributed by atoms with Crippen LogP contribution in [0.1, 0.15) is 6.42 Å². The Kier molecular flexibility index (Phi) is 2.48. The molecule has 0 aliphatic carbocycles. The van der Waals surface area contributed by atoms with E-state index in [1.165, 1.54) is 0 Å². The predicted octanol–water partition coefficient (Wildman–Crippen LogP) is 0.888. The summed E-state index contributed by atoms with van der Waals surface area (Å²) in [5, 5.41) is 9.94. The summed E-state index contributed by atoms with van der Waals surface area (Å²) in [6, 6.07) is 0. The van der Waals surface area contributed by atoms with E-state index in [4.69, 9.17) is 17.3 Å². The van der Waals surface area contributed by atoms with Crippen LogP contribution in [-0.2, 0) is 0 Å². The van der Waals surface area contributed by atoms with E-state index in [-0.39, 0.29) is 6.10 Å². The van der Waals surface area contributed by atoms with Crippen LogP contribution in [0.25, 0.3) is 0 Å². The van der Waals surface area contributed by atoms with Crippen LogP contribution in [0.2, 0.25) is 5.02 Å². The quantitative estimate of drug-likeness (QED) is 0.728. The summed E-state index contributed by atoms with van der Waals surface area (Å²) in [6.07, 6.45) is 3.63. The van der Waals surface area contributed by atoms with Gasteiger partial charge in [0.25, 0.3) is 0 Å². The zero-order valence-electron chi connectivity index (χ0n) is 7.65. The Morgan fingerprint density at radius 3 is 2.93 bits per heavy atom. The molecule has 0 aromatic carbocycles. The number of β-amino-alcohol motifs (C(OH)–C–C–N with tert-alkyl or cyclic N) is 1. The molecule has 0 radical (unpaired) electrons. The first-order chi connectivity index (χ1) is 6.68. The normalized spacial score (nSPS) is 21.6. The summed E-state index contributed by atoms with van der Waals surface area (Å²) in [5.74, 6) is 0. The zero-order chi connectivity index (χ0) is 10.1. The molecule has 5 heteroatoms. The van der Waals surface area contributed by atoms with E-state index in [0.717, 1.165) is 18.7 Å². The summed E-state index contributed by atoms with van der Waals surface area (Å²) in [4.78, 5) is 5.88. The van der Waals surface area contributed by atoms with Gasteiger partial charge in [-0.2, -0.15) is 0 Å². The Labute approximate surface area is 87.3 Å². The first-order valence-electron chi connectivity index (χ1n) is 4.50. The third kappa shape index (κ3) is 1.63. The lowest BCUT2D eigenvalue weighted by Crippen LogP contribution is -2.22. The van der Waals surface area contributed by atoms with Gasteiger partial charge in [-0.3, -0.25) is 4.98 Å². The third-order valence-corrected chi connectivity index (χ3v) is 2.66. The number of rotatable bonds is 1. The van der Waals surface area contributed by atoms with Gasteiger partial charge in [0.1, 0.15) is 0 Å². The average Bonchev–Trinajstić information content (AvgIpc) is 2.51. The second-order valence-corrected chi connectivity index (χ2v) is 3.85. The molecule has 1 aliphatic heterocycles. The number of aliphatic hydroxyl groups excluding tert-OH is 1. The molecule has 0 saturated carbocycles. The van der Waals surface area contributed by atoms with E-state index in [1.807, 2.05) is 4.90 Å². The maximum atomic E-state index is 9.40. The number of hydrogen-bond acceptors (Lipinski definition) is 4. The van der Waals surface area contributed by atoms with Crippen molar-refractivity contribution in [3.8, 4) is 0 Å². The van der Waals surface area contributed by atoms with Gasteiger partial charge in [0, 0.05) is 19.3 Å². The maximum absolute atomic E-state index is 9.40. The number of nitrogen functional groups attached to an aromatic ring is 1. The molecule has 14 heavy (non-hydrogen) atoms. The molecule has 2 rings (SSSR count). The van der Waals surface area contributed by atoms with Crippen LogP contribution in [0, 0.1) is 0 Å². The Morgan fingerprint density at radius 2 is 2.36 bits per heavy atom. The van der Waals surface area contributed by atoms with E-state index in [0.29, 0.717) is 17.3 Å². The van der Waals surface area contributed by atoms with Crippen molar-refractivity contribution in [1.82, 2.24) is 4.98 Å². The fourth-order valence-corrected chi connectivity index (χ4v) is 2.01. The van der Waals surface area contributed by atoms with E-state index < -0.39 is 0 Å². The third-order valence-electron chi connectivity index (χ3n) is 2.38. The van der Waals surface area contributed by atoms with E-state index >= 15 is 0 Å². The van der Waals surface area contributed by atoms with Crippen molar-refractivity contribution in [2.45, 2.75) is 12.5 Å². The minimum Gasteiger partial charge on any atom is -0.396 e. The zero-order valence-corrected chi connectivity index (χ0v) is 8.41. The van der Waals surface area contributed by atoms with E-state index in [9.17, 15) is 5.11 Å². The molecule has 1 fully saturated rings. The van der Waals surface area contributed by atoms with Gasteiger partial charge in [-0.05, 0) is 6.42 Å². The Bertz CT molecular complexity index is 325. The van der Waals surface area contributed by atoms with Crippen molar-refractivity contribution in [2.24, 2.45) is 0 Å². The highest BCUT2D eigenvalue weighted by molar-refractivity contribution is 6.33. The summed E-state index contributed by atoms with van der Waals surface area (Å²) in [6.45, 7) is 1.38. The molecule has 1 atom stereocenters. The highest BCUT2D eigenvalue weighted by Crippen LogP contribution is 2.32. The van der Waals surface area contributed by atoms with Crippen LogP contribution < -0.4 is 10.6 Å². The van der Waals surface area contributed by atoms with Crippen LogP contribution in [-0.4, -0.2) is 29.3 Å². The number of nitrogens with two attached hydrogens (primary N) is 1. The number of hydrogen-bond donors (Lipinski definition) is 2. The maximum Gasteiger partial charge on any atom is 0.0843 e. The number of anilines is 2. The first-order valence-corrected chi connectivity index (χ1v) is 4.88. The van der Waals surface area contributed by atoms with Crippen LogP contribution in [0.15, 0.2) is 12.4 Å². The lowest BCUT2D eigenvalue weighted by Gasteiger charge is -2.20. The van der Waals surface area contributed by atoms with E-state index in [2.05, 4.69) is 4.98 Å². The Balaban J connectivity index is 2.31. The second-order valence-electron chi connectivity index (χ2n) is 3.45. The number of nitrogens with zero attached hydrogens (tertiary/aromatic N) is 2. The lowest BCUT2D eigenvalue weighted by atomic mass is 10.3. The summed E-state index contributed by atoms with van der Waals surface area (Å²) in [5.41, 5.74) is 7.13. The van der Waals surface area contributed by atoms with Gasteiger partial charge in [-0.15, -0.1) is 0 Å². The van der Waals surface area contributed by atoms with Crippen molar-refractivity contribution >= 4 is 23.0 Å². The smallest absolute Gasteiger partial charge is 0.0843 e. The molecule has 0 spiro atoms. The minimum absolute atomic E-state index is 0.279. The van der Waals surface area contributed by atoms with E-state index in [1.54, 1.807) is 12.4 Å². The number of pyridine rings is 1. The van der Waals surface area contributed by atoms with Gasteiger partial charge in [-0.25, -0.2) is 0 Å². The molecule has 2 heterocycles. The molecule has 0 bridgehead atoms. The molecule has 3 N–H and O–H groups in total. The van der Waals surface area contributed by atoms with Crippen molar-refractivity contribution in [3.05, 3.63) is 17.4 Å². The molecular weight excluding hydrogens is 202 g/mol. The fourth-order valence-electron chi connectivity index (χ4n) is 1.72. The second kappa shape index (κ2) is 3.63. The average molecular weight is 214 g/mol.